The third-order valence-electron chi connectivity index (χ3n) is 4.66. The van der Waals surface area contributed by atoms with E-state index in [1.807, 2.05) is 58.0 Å². The Morgan fingerprint density at radius 1 is 1.17 bits per heavy atom. The minimum absolute atomic E-state index is 0.163. The third kappa shape index (κ3) is 6.21. The Hall–Kier alpha value is -3.08. The van der Waals surface area contributed by atoms with Gasteiger partial charge in [-0.2, -0.15) is 0 Å². The van der Waals surface area contributed by atoms with E-state index in [9.17, 15) is 9.59 Å². The molecule has 2 rings (SSSR count). The van der Waals surface area contributed by atoms with E-state index >= 15 is 0 Å². The van der Waals surface area contributed by atoms with Crippen molar-refractivity contribution in [3.05, 3.63) is 92.1 Å². The zero-order chi connectivity index (χ0) is 21.4. The molecule has 2 aromatic rings. The molecule has 0 saturated carbocycles. The van der Waals surface area contributed by atoms with Gasteiger partial charge in [0.2, 0.25) is 0 Å². The molecule has 0 bridgehead atoms. The lowest BCUT2D eigenvalue weighted by atomic mass is 10.0. The summed E-state index contributed by atoms with van der Waals surface area (Å²) in [6, 6.07) is 7.54. The highest BCUT2D eigenvalue weighted by Gasteiger charge is 2.12. The number of H-pyrrole nitrogens is 1. The highest BCUT2D eigenvalue weighted by Crippen LogP contribution is 2.14. The Labute approximate surface area is 172 Å². The number of carbonyl (C=O) groups is 1. The van der Waals surface area contributed by atoms with Gasteiger partial charge in [-0.1, -0.05) is 25.1 Å². The largest absolute Gasteiger partial charge is 0.489 e. The number of aromatic amines is 1. The van der Waals surface area contributed by atoms with Crippen LogP contribution in [0.4, 0.5) is 0 Å². The van der Waals surface area contributed by atoms with Crippen LogP contribution in [-0.2, 0) is 17.9 Å². The molecule has 1 aromatic carbocycles. The van der Waals surface area contributed by atoms with Gasteiger partial charge >= 0.3 is 0 Å². The lowest BCUT2D eigenvalue weighted by Crippen LogP contribution is -2.28. The summed E-state index contributed by atoms with van der Waals surface area (Å²) in [7, 11) is 0. The number of aryl methyl sites for hydroxylation is 3. The van der Waals surface area contributed by atoms with Gasteiger partial charge in [0.15, 0.2) is 0 Å². The lowest BCUT2D eigenvalue weighted by molar-refractivity contribution is 0.0950. The first-order valence-electron chi connectivity index (χ1n) is 9.88. The monoisotopic (exact) mass is 394 g/mol. The zero-order valence-corrected chi connectivity index (χ0v) is 17.9. The van der Waals surface area contributed by atoms with Crippen molar-refractivity contribution in [2.24, 2.45) is 0 Å². The molecule has 0 saturated heterocycles. The highest BCUT2D eigenvalue weighted by atomic mass is 16.5. The minimum atomic E-state index is -0.200. The second-order valence-corrected chi connectivity index (χ2v) is 7.07. The molecule has 1 heterocycles. The van der Waals surface area contributed by atoms with Crippen molar-refractivity contribution in [1.29, 1.82) is 0 Å². The van der Waals surface area contributed by atoms with Crippen LogP contribution < -0.4 is 10.9 Å². The fourth-order valence-electron chi connectivity index (χ4n) is 3.06. The number of hydrogen-bond acceptors (Lipinski definition) is 3. The summed E-state index contributed by atoms with van der Waals surface area (Å²) in [5.41, 5.74) is 4.54. The SMILES string of the molecule is C/C=C(\C=C/CC)OCc1ccc(C(=O)NCc2c(C)cc(C)[nH]c2=O)c(C)c1. The lowest BCUT2D eigenvalue weighted by Gasteiger charge is -2.12. The quantitative estimate of drug-likeness (QED) is 0.507. The van der Waals surface area contributed by atoms with Crippen molar-refractivity contribution in [3.63, 3.8) is 0 Å². The van der Waals surface area contributed by atoms with E-state index < -0.39 is 0 Å². The van der Waals surface area contributed by atoms with Crippen LogP contribution in [0, 0.1) is 20.8 Å². The summed E-state index contributed by atoms with van der Waals surface area (Å²) in [6.07, 6.45) is 6.89. The molecule has 0 aliphatic carbocycles. The molecular formula is C24H30N2O3. The van der Waals surface area contributed by atoms with Crippen molar-refractivity contribution in [2.45, 2.75) is 54.2 Å². The van der Waals surface area contributed by atoms with Crippen LogP contribution in [0.1, 0.15) is 58.6 Å². The number of hydrogen-bond donors (Lipinski definition) is 2. The normalized spacial score (nSPS) is 11.7. The van der Waals surface area contributed by atoms with E-state index in [4.69, 9.17) is 4.74 Å². The number of rotatable bonds is 8. The van der Waals surface area contributed by atoms with Gasteiger partial charge < -0.3 is 15.0 Å². The maximum atomic E-state index is 12.6. The van der Waals surface area contributed by atoms with Crippen molar-refractivity contribution >= 4 is 5.91 Å². The first-order chi connectivity index (χ1) is 13.8. The Morgan fingerprint density at radius 3 is 2.55 bits per heavy atom. The number of pyridine rings is 1. The smallest absolute Gasteiger partial charge is 0.253 e. The predicted molar refractivity (Wildman–Crippen MR) is 117 cm³/mol. The number of benzene rings is 1. The molecule has 1 aromatic heterocycles. The van der Waals surface area contributed by atoms with Crippen LogP contribution in [0.2, 0.25) is 0 Å². The van der Waals surface area contributed by atoms with E-state index in [1.165, 1.54) is 0 Å². The standard InChI is InChI=1S/C24H30N2O3/c1-6-8-9-20(7-2)29-15-19-10-11-21(17(4)13-19)23(27)25-14-22-16(3)12-18(5)26-24(22)28/h7-13H,6,14-15H2,1-5H3,(H,25,27)(H,26,28)/b9-8-,20-7+. The molecule has 2 N–H and O–H groups in total. The van der Waals surface area contributed by atoms with Crippen molar-refractivity contribution < 1.29 is 9.53 Å². The predicted octanol–water partition coefficient (Wildman–Crippen LogP) is 4.62. The minimum Gasteiger partial charge on any atom is -0.489 e. The number of aromatic nitrogens is 1. The molecule has 0 atom stereocenters. The Balaban J connectivity index is 2.03. The Bertz CT molecular complexity index is 984. The molecule has 1 amide bonds. The van der Waals surface area contributed by atoms with E-state index in [1.54, 1.807) is 6.07 Å². The van der Waals surface area contributed by atoms with Crippen molar-refractivity contribution in [3.8, 4) is 0 Å². The van der Waals surface area contributed by atoms with Crippen LogP contribution in [-0.4, -0.2) is 10.9 Å². The summed E-state index contributed by atoms with van der Waals surface area (Å²) < 4.78 is 5.81. The molecule has 5 nitrogen and oxygen atoms in total. The van der Waals surface area contributed by atoms with Crippen LogP contribution in [0.25, 0.3) is 0 Å². The second-order valence-electron chi connectivity index (χ2n) is 7.07. The Morgan fingerprint density at radius 2 is 1.93 bits per heavy atom. The van der Waals surface area contributed by atoms with Crippen molar-refractivity contribution in [1.82, 2.24) is 10.3 Å². The van der Waals surface area contributed by atoms with Crippen molar-refractivity contribution in [2.75, 3.05) is 0 Å². The average Bonchev–Trinajstić information content (AvgIpc) is 2.67. The molecule has 0 aliphatic heterocycles. The van der Waals surface area contributed by atoms with Crippen LogP contribution in [0.5, 0.6) is 0 Å². The molecule has 154 valence electrons. The molecule has 0 spiro atoms. The first-order valence-corrected chi connectivity index (χ1v) is 9.88. The number of carbonyl (C=O) groups excluding carboxylic acids is 1. The van der Waals surface area contributed by atoms with E-state index in [2.05, 4.69) is 23.3 Å². The summed E-state index contributed by atoms with van der Waals surface area (Å²) in [5.74, 6) is 0.624. The van der Waals surface area contributed by atoms with Gasteiger partial charge in [0.1, 0.15) is 12.4 Å². The van der Waals surface area contributed by atoms with Gasteiger partial charge in [-0.25, -0.2) is 0 Å². The number of ether oxygens (including phenoxy) is 1. The topological polar surface area (TPSA) is 71.2 Å². The fourth-order valence-corrected chi connectivity index (χ4v) is 3.06. The summed E-state index contributed by atoms with van der Waals surface area (Å²) in [4.78, 5) is 27.5. The summed E-state index contributed by atoms with van der Waals surface area (Å²) in [5, 5.41) is 2.85. The van der Waals surface area contributed by atoms with Crippen LogP contribution in [0.15, 0.2) is 53.0 Å². The van der Waals surface area contributed by atoms with Crippen LogP contribution in [0.3, 0.4) is 0 Å². The first kappa shape index (κ1) is 22.2. The second kappa shape index (κ2) is 10.5. The van der Waals surface area contributed by atoms with Gasteiger partial charge in [-0.3, -0.25) is 9.59 Å². The molecular weight excluding hydrogens is 364 g/mol. The van der Waals surface area contributed by atoms with Gasteiger partial charge in [-0.15, -0.1) is 0 Å². The molecule has 0 radical (unpaired) electrons. The molecule has 0 fully saturated rings. The number of allylic oxidation sites excluding steroid dienone is 3. The van der Waals surface area contributed by atoms with E-state index in [-0.39, 0.29) is 18.0 Å². The van der Waals surface area contributed by atoms with Gasteiger partial charge in [0.05, 0.1) is 0 Å². The number of amides is 1. The molecule has 29 heavy (non-hydrogen) atoms. The highest BCUT2D eigenvalue weighted by molar-refractivity contribution is 5.95. The molecule has 0 unspecified atom stereocenters. The Kier molecular flexibility index (Phi) is 8.01. The summed E-state index contributed by atoms with van der Waals surface area (Å²) >= 11 is 0. The number of nitrogens with one attached hydrogen (secondary N) is 2. The fraction of sp³-hybridized carbons (Fsp3) is 0.333. The van der Waals surface area contributed by atoms with Gasteiger partial charge in [0.25, 0.3) is 11.5 Å². The van der Waals surface area contributed by atoms with Gasteiger partial charge in [0, 0.05) is 23.4 Å². The van der Waals surface area contributed by atoms with Gasteiger partial charge in [-0.05, 0) is 75.1 Å². The summed E-state index contributed by atoms with van der Waals surface area (Å²) in [6.45, 7) is 10.3. The molecule has 5 heteroatoms. The third-order valence-corrected chi connectivity index (χ3v) is 4.66. The van der Waals surface area contributed by atoms with Crippen LogP contribution >= 0.6 is 0 Å². The maximum absolute atomic E-state index is 12.6. The maximum Gasteiger partial charge on any atom is 0.253 e. The molecule has 0 aliphatic rings. The zero-order valence-electron chi connectivity index (χ0n) is 17.9. The van der Waals surface area contributed by atoms with E-state index in [0.29, 0.717) is 17.7 Å². The van der Waals surface area contributed by atoms with E-state index in [0.717, 1.165) is 34.6 Å². The average molecular weight is 395 g/mol.